The molecule has 0 aromatic carbocycles. The Kier molecular flexibility index (Phi) is 5.08. The Morgan fingerprint density at radius 2 is 2.22 bits per heavy atom. The highest BCUT2D eigenvalue weighted by Gasteiger charge is 2.24. The second kappa shape index (κ2) is 6.34. The van der Waals surface area contributed by atoms with Crippen molar-refractivity contribution in [2.75, 3.05) is 11.9 Å². The van der Waals surface area contributed by atoms with Crippen LogP contribution in [0, 0.1) is 17.0 Å². The second-order valence-corrected chi connectivity index (χ2v) is 4.13. The van der Waals surface area contributed by atoms with E-state index in [1.165, 1.54) is 0 Å². The molecule has 1 heterocycles. The quantitative estimate of drug-likeness (QED) is 0.572. The molecular formula is C11H20N4O3. The fourth-order valence-corrected chi connectivity index (χ4v) is 1.76. The van der Waals surface area contributed by atoms with Crippen LogP contribution in [0.2, 0.25) is 0 Å². The van der Waals surface area contributed by atoms with E-state index in [1.54, 1.807) is 11.6 Å². The third kappa shape index (κ3) is 3.19. The van der Waals surface area contributed by atoms with Gasteiger partial charge in [0.15, 0.2) is 0 Å². The van der Waals surface area contributed by atoms with E-state index in [4.69, 9.17) is 0 Å². The number of aromatic nitrogens is 2. The number of rotatable bonds is 7. The largest absolute Gasteiger partial charge is 0.393 e. The molecule has 18 heavy (non-hydrogen) atoms. The molecule has 0 aliphatic rings. The molecule has 0 aliphatic heterocycles. The molecule has 0 amide bonds. The molecule has 2 N–H and O–H groups in total. The van der Waals surface area contributed by atoms with Gasteiger partial charge in [-0.3, -0.25) is 10.1 Å². The third-order valence-corrected chi connectivity index (χ3v) is 2.82. The maximum absolute atomic E-state index is 11.0. The van der Waals surface area contributed by atoms with Crippen molar-refractivity contribution in [1.82, 2.24) is 9.78 Å². The molecule has 1 atom stereocenters. The predicted octanol–water partition coefficient (Wildman–Crippen LogP) is 1.69. The summed E-state index contributed by atoms with van der Waals surface area (Å²) in [6.45, 7) is 6.44. The van der Waals surface area contributed by atoms with Crippen LogP contribution in [0.25, 0.3) is 0 Å². The molecule has 0 saturated carbocycles. The molecule has 0 aliphatic carbocycles. The van der Waals surface area contributed by atoms with Crippen LogP contribution in [-0.4, -0.2) is 32.5 Å². The van der Waals surface area contributed by atoms with E-state index in [1.807, 2.05) is 13.8 Å². The standard InChI is InChI=1S/C11H20N4O3/c1-4-9(16)6-7-12-11-10(15(17)18)8(3)13-14(11)5-2/h9,12,16H,4-7H2,1-3H3. The second-order valence-electron chi connectivity index (χ2n) is 4.13. The highest BCUT2D eigenvalue weighted by Crippen LogP contribution is 2.28. The highest BCUT2D eigenvalue weighted by atomic mass is 16.6. The summed E-state index contributed by atoms with van der Waals surface area (Å²) in [6, 6.07) is 0. The normalized spacial score (nSPS) is 12.4. The average molecular weight is 256 g/mol. The average Bonchev–Trinajstić information content (AvgIpc) is 2.65. The lowest BCUT2D eigenvalue weighted by Crippen LogP contribution is -2.15. The van der Waals surface area contributed by atoms with E-state index in [0.717, 1.165) is 0 Å². The first-order valence-corrected chi connectivity index (χ1v) is 6.14. The van der Waals surface area contributed by atoms with Crippen LogP contribution < -0.4 is 5.32 Å². The van der Waals surface area contributed by atoms with Crippen LogP contribution in [0.1, 0.15) is 32.4 Å². The smallest absolute Gasteiger partial charge is 0.333 e. The molecule has 0 fully saturated rings. The van der Waals surface area contributed by atoms with E-state index in [-0.39, 0.29) is 11.8 Å². The summed E-state index contributed by atoms with van der Waals surface area (Å²) in [7, 11) is 0. The van der Waals surface area contributed by atoms with E-state index >= 15 is 0 Å². The minimum atomic E-state index is -0.424. The number of nitro groups is 1. The lowest BCUT2D eigenvalue weighted by Gasteiger charge is -2.10. The van der Waals surface area contributed by atoms with E-state index < -0.39 is 4.92 Å². The molecule has 1 unspecified atom stereocenters. The van der Waals surface area contributed by atoms with Crippen LogP contribution in [0.3, 0.4) is 0 Å². The maximum atomic E-state index is 11.0. The molecule has 0 spiro atoms. The molecule has 1 aromatic rings. The fourth-order valence-electron chi connectivity index (χ4n) is 1.76. The molecule has 7 nitrogen and oxygen atoms in total. The van der Waals surface area contributed by atoms with Gasteiger partial charge in [0.1, 0.15) is 5.69 Å². The molecule has 7 heteroatoms. The summed E-state index contributed by atoms with van der Waals surface area (Å²) in [5.41, 5.74) is 0.420. The van der Waals surface area contributed by atoms with Gasteiger partial charge in [0, 0.05) is 13.1 Å². The van der Waals surface area contributed by atoms with E-state index in [9.17, 15) is 15.2 Å². The van der Waals surface area contributed by atoms with Gasteiger partial charge in [0.2, 0.25) is 5.82 Å². The van der Waals surface area contributed by atoms with Crippen molar-refractivity contribution in [2.24, 2.45) is 0 Å². The summed E-state index contributed by atoms with van der Waals surface area (Å²) in [6.07, 6.45) is 0.855. The van der Waals surface area contributed by atoms with Gasteiger partial charge in [-0.1, -0.05) is 6.92 Å². The van der Waals surface area contributed by atoms with E-state index in [2.05, 4.69) is 10.4 Å². The summed E-state index contributed by atoms with van der Waals surface area (Å²) < 4.78 is 1.58. The summed E-state index contributed by atoms with van der Waals surface area (Å²) in [4.78, 5) is 10.6. The number of aryl methyl sites for hydroxylation is 2. The van der Waals surface area contributed by atoms with Gasteiger partial charge >= 0.3 is 5.69 Å². The molecule has 0 bridgehead atoms. The lowest BCUT2D eigenvalue weighted by atomic mass is 10.2. The van der Waals surface area contributed by atoms with Gasteiger partial charge in [-0.05, 0) is 26.7 Å². The number of nitrogens with one attached hydrogen (secondary N) is 1. The predicted molar refractivity (Wildman–Crippen MR) is 68.7 cm³/mol. The Balaban J connectivity index is 2.82. The SMILES string of the molecule is CCC(O)CCNc1c([N+](=O)[O-])c(C)nn1CC. The van der Waals surface area contributed by atoms with Crippen molar-refractivity contribution < 1.29 is 10.0 Å². The van der Waals surface area contributed by atoms with Gasteiger partial charge in [0.05, 0.1) is 11.0 Å². The van der Waals surface area contributed by atoms with Gasteiger partial charge in [-0.25, -0.2) is 4.68 Å². The molecule has 0 radical (unpaired) electrons. The minimum absolute atomic E-state index is 0.0165. The Labute approximate surface area is 106 Å². The topological polar surface area (TPSA) is 93.2 Å². The van der Waals surface area contributed by atoms with Crippen LogP contribution >= 0.6 is 0 Å². The van der Waals surface area contributed by atoms with Crippen LogP contribution in [0.15, 0.2) is 0 Å². The van der Waals surface area contributed by atoms with Crippen molar-refractivity contribution in [3.8, 4) is 0 Å². The van der Waals surface area contributed by atoms with E-state index in [0.29, 0.717) is 37.4 Å². The Morgan fingerprint density at radius 3 is 2.72 bits per heavy atom. The summed E-state index contributed by atoms with van der Waals surface area (Å²) in [5, 5.41) is 27.6. The molecule has 1 rings (SSSR count). The third-order valence-electron chi connectivity index (χ3n) is 2.82. The molecule has 1 aromatic heterocycles. The maximum Gasteiger partial charge on any atom is 0.333 e. The van der Waals surface area contributed by atoms with Crippen molar-refractivity contribution >= 4 is 11.5 Å². The highest BCUT2D eigenvalue weighted by molar-refractivity contribution is 5.59. The summed E-state index contributed by atoms with van der Waals surface area (Å²) >= 11 is 0. The van der Waals surface area contributed by atoms with Crippen LogP contribution in [0.5, 0.6) is 0 Å². The Morgan fingerprint density at radius 1 is 1.56 bits per heavy atom. The number of hydrogen-bond acceptors (Lipinski definition) is 5. The molecular weight excluding hydrogens is 236 g/mol. The number of aliphatic hydroxyl groups is 1. The zero-order valence-corrected chi connectivity index (χ0v) is 11.0. The van der Waals surface area contributed by atoms with Crippen LogP contribution in [0.4, 0.5) is 11.5 Å². The number of anilines is 1. The van der Waals surface area contributed by atoms with Gasteiger partial charge in [-0.15, -0.1) is 0 Å². The first-order valence-electron chi connectivity index (χ1n) is 6.14. The van der Waals surface area contributed by atoms with Gasteiger partial charge in [-0.2, -0.15) is 5.10 Å². The fraction of sp³-hybridized carbons (Fsp3) is 0.727. The zero-order chi connectivity index (χ0) is 13.7. The Hall–Kier alpha value is -1.63. The summed E-state index contributed by atoms with van der Waals surface area (Å²) in [5.74, 6) is 0.420. The van der Waals surface area contributed by atoms with Crippen molar-refractivity contribution in [3.05, 3.63) is 15.8 Å². The van der Waals surface area contributed by atoms with Crippen molar-refractivity contribution in [3.63, 3.8) is 0 Å². The monoisotopic (exact) mass is 256 g/mol. The van der Waals surface area contributed by atoms with Gasteiger partial charge < -0.3 is 10.4 Å². The molecule has 102 valence electrons. The Bertz CT molecular complexity index is 417. The number of nitrogens with zero attached hydrogens (tertiary/aromatic N) is 3. The number of hydrogen-bond donors (Lipinski definition) is 2. The number of aliphatic hydroxyl groups excluding tert-OH is 1. The van der Waals surface area contributed by atoms with Crippen LogP contribution in [-0.2, 0) is 6.54 Å². The van der Waals surface area contributed by atoms with Gasteiger partial charge in [0.25, 0.3) is 0 Å². The minimum Gasteiger partial charge on any atom is -0.393 e. The van der Waals surface area contributed by atoms with Crippen molar-refractivity contribution in [2.45, 2.75) is 46.3 Å². The first-order chi connectivity index (χ1) is 8.51. The zero-order valence-electron chi connectivity index (χ0n) is 11.0. The van der Waals surface area contributed by atoms with Crippen molar-refractivity contribution in [1.29, 1.82) is 0 Å². The first kappa shape index (κ1) is 14.4. The lowest BCUT2D eigenvalue weighted by molar-refractivity contribution is -0.384. The molecule has 0 saturated heterocycles.